The normalized spacial score (nSPS) is 15.3. The Morgan fingerprint density at radius 1 is 1.10 bits per heavy atom. The van der Waals surface area contributed by atoms with Gasteiger partial charge in [-0.2, -0.15) is 0 Å². The fraction of sp³-hybridized carbons (Fsp3) is 0.333. The Morgan fingerprint density at radius 2 is 1.83 bits per heavy atom. The molecule has 4 nitrogen and oxygen atoms in total. The second-order valence-corrected chi connectivity index (χ2v) is 8.65. The van der Waals surface area contributed by atoms with Gasteiger partial charge in [0.25, 0.3) is 0 Å². The zero-order chi connectivity index (χ0) is 20.1. The van der Waals surface area contributed by atoms with Crippen LogP contribution in [0.2, 0.25) is 0 Å². The lowest BCUT2D eigenvalue weighted by Crippen LogP contribution is -2.44. The quantitative estimate of drug-likeness (QED) is 0.659. The van der Waals surface area contributed by atoms with Gasteiger partial charge >= 0.3 is 0 Å². The minimum absolute atomic E-state index is 0.0762. The molecule has 150 valence electrons. The van der Waals surface area contributed by atoms with E-state index in [1.165, 1.54) is 11.1 Å². The average Bonchev–Trinajstić information content (AvgIpc) is 3.19. The van der Waals surface area contributed by atoms with Gasteiger partial charge in [0.15, 0.2) is 0 Å². The van der Waals surface area contributed by atoms with Crippen molar-refractivity contribution in [3.8, 4) is 10.6 Å². The average molecular weight is 406 g/mol. The van der Waals surface area contributed by atoms with Crippen LogP contribution in [0.15, 0.2) is 60.0 Å². The summed E-state index contributed by atoms with van der Waals surface area (Å²) in [5, 5.41) is 6.18. The highest BCUT2D eigenvalue weighted by Gasteiger charge is 2.21. The molecule has 0 saturated carbocycles. The Balaban J connectivity index is 1.24. The summed E-state index contributed by atoms with van der Waals surface area (Å²) in [5.74, 6) is 0.0762. The number of carbonyl (C=O) groups is 1. The maximum absolute atomic E-state index is 12.5. The SMILES string of the molecule is Cc1ccc(-c2nc(CC(=O)NC3CCN(Cc4ccccc4)CC3)cs2)cc1. The predicted molar refractivity (Wildman–Crippen MR) is 119 cm³/mol. The van der Waals surface area contributed by atoms with E-state index in [2.05, 4.69) is 76.7 Å². The van der Waals surface area contributed by atoms with Crippen LogP contribution in [0.4, 0.5) is 0 Å². The molecule has 1 N–H and O–H groups in total. The highest BCUT2D eigenvalue weighted by molar-refractivity contribution is 7.13. The number of amides is 1. The van der Waals surface area contributed by atoms with Gasteiger partial charge in [-0.1, -0.05) is 60.2 Å². The van der Waals surface area contributed by atoms with E-state index >= 15 is 0 Å². The van der Waals surface area contributed by atoms with Crippen LogP contribution in [0, 0.1) is 6.92 Å². The Morgan fingerprint density at radius 3 is 2.55 bits per heavy atom. The van der Waals surface area contributed by atoms with Gasteiger partial charge < -0.3 is 5.32 Å². The molecule has 1 fully saturated rings. The number of nitrogens with one attached hydrogen (secondary N) is 1. The molecule has 1 saturated heterocycles. The molecular weight excluding hydrogens is 378 g/mol. The summed E-state index contributed by atoms with van der Waals surface area (Å²) in [6, 6.07) is 19.2. The monoisotopic (exact) mass is 405 g/mol. The Labute approximate surface area is 176 Å². The summed E-state index contributed by atoms with van der Waals surface area (Å²) >= 11 is 1.60. The van der Waals surface area contributed by atoms with E-state index in [-0.39, 0.29) is 11.9 Å². The summed E-state index contributed by atoms with van der Waals surface area (Å²) in [6.45, 7) is 5.11. The highest BCUT2D eigenvalue weighted by atomic mass is 32.1. The lowest BCUT2D eigenvalue weighted by Gasteiger charge is -2.32. The van der Waals surface area contributed by atoms with Crippen LogP contribution in [0.1, 0.15) is 29.7 Å². The van der Waals surface area contributed by atoms with E-state index in [4.69, 9.17) is 0 Å². The maximum Gasteiger partial charge on any atom is 0.226 e. The third-order valence-corrected chi connectivity index (χ3v) is 6.33. The summed E-state index contributed by atoms with van der Waals surface area (Å²) in [7, 11) is 0. The molecule has 4 rings (SSSR count). The molecule has 2 heterocycles. The minimum atomic E-state index is 0.0762. The first-order valence-corrected chi connectivity index (χ1v) is 11.1. The molecule has 0 spiro atoms. The van der Waals surface area contributed by atoms with Crippen molar-refractivity contribution in [2.45, 2.75) is 38.8 Å². The van der Waals surface area contributed by atoms with E-state index in [1.54, 1.807) is 11.3 Å². The lowest BCUT2D eigenvalue weighted by atomic mass is 10.0. The van der Waals surface area contributed by atoms with Gasteiger partial charge in [-0.05, 0) is 25.3 Å². The largest absolute Gasteiger partial charge is 0.353 e. The predicted octanol–water partition coefficient (Wildman–Crippen LogP) is 4.44. The van der Waals surface area contributed by atoms with Crippen molar-refractivity contribution < 1.29 is 4.79 Å². The first-order valence-electron chi connectivity index (χ1n) is 10.2. The van der Waals surface area contributed by atoms with E-state index in [0.29, 0.717) is 6.42 Å². The molecule has 0 atom stereocenters. The van der Waals surface area contributed by atoms with E-state index in [9.17, 15) is 4.79 Å². The highest BCUT2D eigenvalue weighted by Crippen LogP contribution is 2.24. The first-order chi connectivity index (χ1) is 14.2. The third kappa shape index (κ3) is 5.52. The van der Waals surface area contributed by atoms with Crippen molar-refractivity contribution in [1.82, 2.24) is 15.2 Å². The van der Waals surface area contributed by atoms with Crippen molar-refractivity contribution in [1.29, 1.82) is 0 Å². The second kappa shape index (κ2) is 9.33. The van der Waals surface area contributed by atoms with Gasteiger partial charge in [0.1, 0.15) is 5.01 Å². The molecule has 3 aromatic rings. The number of hydrogen-bond donors (Lipinski definition) is 1. The van der Waals surface area contributed by atoms with Gasteiger partial charge in [-0.15, -0.1) is 11.3 Å². The fourth-order valence-corrected chi connectivity index (χ4v) is 4.56. The maximum atomic E-state index is 12.5. The van der Waals surface area contributed by atoms with E-state index < -0.39 is 0 Å². The molecule has 29 heavy (non-hydrogen) atoms. The molecule has 1 aliphatic rings. The van der Waals surface area contributed by atoms with Gasteiger partial charge in [-0.25, -0.2) is 4.98 Å². The third-order valence-electron chi connectivity index (χ3n) is 5.39. The number of hydrogen-bond acceptors (Lipinski definition) is 4. The summed E-state index contributed by atoms with van der Waals surface area (Å²) in [4.78, 5) is 19.6. The van der Waals surface area contributed by atoms with Crippen LogP contribution < -0.4 is 5.32 Å². The van der Waals surface area contributed by atoms with Crippen molar-refractivity contribution in [3.05, 3.63) is 76.8 Å². The molecular formula is C24H27N3OS. The molecule has 2 aromatic carbocycles. The topological polar surface area (TPSA) is 45.2 Å². The Kier molecular flexibility index (Phi) is 6.37. The Hall–Kier alpha value is -2.50. The van der Waals surface area contributed by atoms with Crippen molar-refractivity contribution in [2.75, 3.05) is 13.1 Å². The zero-order valence-corrected chi connectivity index (χ0v) is 17.6. The molecule has 1 aliphatic heterocycles. The molecule has 0 radical (unpaired) electrons. The first kappa shape index (κ1) is 19.8. The van der Waals surface area contributed by atoms with Crippen LogP contribution in [0.3, 0.4) is 0 Å². The Bertz CT molecular complexity index is 928. The number of aryl methyl sites for hydroxylation is 1. The number of rotatable bonds is 6. The van der Waals surface area contributed by atoms with Gasteiger partial charge in [0.2, 0.25) is 5.91 Å². The van der Waals surface area contributed by atoms with Crippen molar-refractivity contribution in [2.24, 2.45) is 0 Å². The lowest BCUT2D eigenvalue weighted by molar-refractivity contribution is -0.121. The van der Waals surface area contributed by atoms with Crippen molar-refractivity contribution >= 4 is 17.2 Å². The van der Waals surface area contributed by atoms with Crippen LogP contribution in [-0.4, -0.2) is 34.9 Å². The number of benzene rings is 2. The van der Waals surface area contributed by atoms with Crippen LogP contribution in [0.25, 0.3) is 10.6 Å². The van der Waals surface area contributed by atoms with Gasteiger partial charge in [0.05, 0.1) is 12.1 Å². The number of thiazole rings is 1. The number of piperidine rings is 1. The van der Waals surface area contributed by atoms with E-state index in [1.807, 2.05) is 5.38 Å². The zero-order valence-electron chi connectivity index (χ0n) is 16.8. The number of aromatic nitrogens is 1. The molecule has 0 unspecified atom stereocenters. The molecule has 5 heteroatoms. The molecule has 1 amide bonds. The summed E-state index contributed by atoms with van der Waals surface area (Å²) in [5.41, 5.74) is 4.55. The number of likely N-dealkylation sites (tertiary alicyclic amines) is 1. The standard InChI is InChI=1S/C24H27N3OS/c1-18-7-9-20(10-8-18)24-26-22(17-29-24)15-23(28)25-21-11-13-27(14-12-21)16-19-5-3-2-4-6-19/h2-10,17,21H,11-16H2,1H3,(H,25,28). The van der Waals surface area contributed by atoms with Crippen molar-refractivity contribution in [3.63, 3.8) is 0 Å². The fourth-order valence-electron chi connectivity index (χ4n) is 3.74. The van der Waals surface area contributed by atoms with E-state index in [0.717, 1.165) is 48.7 Å². The number of nitrogens with zero attached hydrogens (tertiary/aromatic N) is 2. The molecule has 0 bridgehead atoms. The summed E-state index contributed by atoms with van der Waals surface area (Å²) < 4.78 is 0. The number of carbonyl (C=O) groups excluding carboxylic acids is 1. The van der Waals surface area contributed by atoms with Crippen LogP contribution >= 0.6 is 11.3 Å². The smallest absolute Gasteiger partial charge is 0.226 e. The van der Waals surface area contributed by atoms with Crippen LogP contribution in [-0.2, 0) is 17.8 Å². The second-order valence-electron chi connectivity index (χ2n) is 7.79. The van der Waals surface area contributed by atoms with Gasteiger partial charge in [-0.3, -0.25) is 9.69 Å². The summed E-state index contributed by atoms with van der Waals surface area (Å²) in [6.07, 6.45) is 2.36. The minimum Gasteiger partial charge on any atom is -0.353 e. The van der Waals surface area contributed by atoms with Crippen LogP contribution in [0.5, 0.6) is 0 Å². The molecule has 1 aromatic heterocycles. The van der Waals surface area contributed by atoms with Gasteiger partial charge in [0, 0.05) is 36.6 Å². The molecule has 0 aliphatic carbocycles.